The van der Waals surface area contributed by atoms with E-state index in [-0.39, 0.29) is 5.02 Å². The van der Waals surface area contributed by atoms with Gasteiger partial charge in [-0.25, -0.2) is 0 Å². The van der Waals surface area contributed by atoms with Crippen molar-refractivity contribution in [2.75, 3.05) is 0 Å². The number of benzene rings is 1. The number of alkyl halides is 3. The average molecular weight is 325 g/mol. The predicted molar refractivity (Wildman–Crippen MR) is 44.2 cm³/mol. The second-order valence-electron chi connectivity index (χ2n) is 1.90. The van der Waals surface area contributed by atoms with E-state index in [1.165, 1.54) is 22.4 Å². The summed E-state index contributed by atoms with van der Waals surface area (Å²) in [5.74, 6) is 0. The number of rotatable bonds is 0. The third-order valence-corrected chi connectivity index (χ3v) is 1.43. The van der Waals surface area contributed by atoms with Gasteiger partial charge in [0.05, 0.1) is 0 Å². The van der Waals surface area contributed by atoms with Crippen LogP contribution in [0, 0.1) is 6.07 Å². The van der Waals surface area contributed by atoms with Crippen molar-refractivity contribution in [1.29, 1.82) is 0 Å². The predicted octanol–water partition coefficient (Wildman–Crippen LogP) is 4.00. The minimum absolute atomic E-state index is 0.319. The zero-order valence-electron chi connectivity index (χ0n) is 6.33. The van der Waals surface area contributed by atoms with Gasteiger partial charge in [-0.2, -0.15) is 49.0 Å². The van der Waals surface area contributed by atoms with E-state index in [0.29, 0.717) is 0 Å². The minimum atomic E-state index is -4.37. The van der Waals surface area contributed by atoms with E-state index in [1.807, 2.05) is 0 Å². The monoisotopic (exact) mass is 322 g/mol. The average Bonchev–Trinajstić information content (AvgIpc) is 2.07. The molecule has 0 aliphatic rings. The van der Waals surface area contributed by atoms with Gasteiger partial charge >= 0.3 is 36.1 Å². The van der Waals surface area contributed by atoms with Crippen LogP contribution in [-0.4, -0.2) is 0 Å². The first-order valence-electron chi connectivity index (χ1n) is 3.01. The second-order valence-corrected chi connectivity index (χ2v) is 2.31. The zero-order valence-corrected chi connectivity index (χ0v) is 11.6. The van der Waals surface area contributed by atoms with Crippen molar-refractivity contribution in [1.82, 2.24) is 0 Å². The molecule has 0 unspecified atom stereocenters. The summed E-state index contributed by atoms with van der Waals surface area (Å²) in [7, 11) is 0. The molecule has 0 aliphatic heterocycles. The van der Waals surface area contributed by atoms with Crippen LogP contribution in [-0.2, 0) is 22.5 Å². The molecule has 0 aromatic heterocycles. The molecule has 0 amide bonds. The van der Waals surface area contributed by atoms with Crippen molar-refractivity contribution in [3.63, 3.8) is 0 Å². The van der Waals surface area contributed by atoms with E-state index in [9.17, 15) is 13.2 Å². The fraction of sp³-hybridized carbons (Fsp3) is 0.143. The Hall–Kier alpha value is 0.403. The Labute approximate surface area is 95.5 Å². The maximum atomic E-state index is 12.0. The molecule has 68 valence electrons. The molecule has 0 bridgehead atoms. The Morgan fingerprint density at radius 2 is 1.92 bits per heavy atom. The van der Waals surface area contributed by atoms with Gasteiger partial charge in [0.25, 0.3) is 0 Å². The van der Waals surface area contributed by atoms with Crippen molar-refractivity contribution in [3.8, 4) is 0 Å². The first kappa shape index (κ1) is 13.4. The van der Waals surface area contributed by atoms with E-state index in [2.05, 4.69) is 19.7 Å². The van der Waals surface area contributed by atoms with Gasteiger partial charge in [0.15, 0.2) is 0 Å². The molecule has 0 radical (unpaired) electrons. The number of hydrogen-bond donors (Lipinski definition) is 0. The van der Waals surface area contributed by atoms with Gasteiger partial charge in [-0.05, 0) is 5.56 Å². The van der Waals surface area contributed by atoms with E-state index < -0.39 is 11.7 Å². The van der Waals surface area contributed by atoms with Crippen molar-refractivity contribution >= 4 is 25.2 Å². The first-order valence-corrected chi connectivity index (χ1v) is 10.3. The molecule has 1 aromatic carbocycles. The van der Waals surface area contributed by atoms with Crippen LogP contribution < -0.4 is 0 Å². The van der Waals surface area contributed by atoms with E-state index in [4.69, 9.17) is 11.6 Å². The Bertz CT molecular complexity index is 264. The van der Waals surface area contributed by atoms with Crippen LogP contribution in [0.1, 0.15) is 5.56 Å². The summed E-state index contributed by atoms with van der Waals surface area (Å²) in [5, 5.41) is -0.319. The number of halogens is 5. The van der Waals surface area contributed by atoms with Crippen molar-refractivity contribution < 1.29 is 29.5 Å². The molecule has 0 N–H and O–H groups in total. The summed E-state index contributed by atoms with van der Waals surface area (Å²) >= 11 is 9.51. The van der Waals surface area contributed by atoms with Crippen LogP contribution in [0.15, 0.2) is 18.2 Å². The van der Waals surface area contributed by atoms with Gasteiger partial charge in [-0.3, -0.25) is 0 Å². The van der Waals surface area contributed by atoms with Gasteiger partial charge in [-0.1, -0.05) is 5.02 Å². The quantitative estimate of drug-likeness (QED) is 0.500. The molecule has 1 aromatic rings. The van der Waals surface area contributed by atoms with Gasteiger partial charge < -0.3 is 0 Å². The van der Waals surface area contributed by atoms with Crippen LogP contribution in [0.2, 0.25) is 5.02 Å². The van der Waals surface area contributed by atoms with Crippen molar-refractivity contribution in [3.05, 3.63) is 34.9 Å². The molecular weight excluding hydrogens is 322 g/mol. The molecule has 0 fully saturated rings. The summed E-state index contributed by atoms with van der Waals surface area (Å²) < 4.78 is 35.9. The molecule has 6 heteroatoms. The third kappa shape index (κ3) is 4.43. The summed E-state index contributed by atoms with van der Waals surface area (Å²) in [6.07, 6.45) is -4.37. The van der Waals surface area contributed by atoms with Crippen LogP contribution in [0.4, 0.5) is 13.2 Å². The van der Waals surface area contributed by atoms with Gasteiger partial charge in [0.1, 0.15) is 0 Å². The van der Waals surface area contributed by atoms with Crippen molar-refractivity contribution in [2.24, 2.45) is 0 Å². The Morgan fingerprint density at radius 1 is 1.38 bits per heavy atom. The molecule has 0 spiro atoms. The van der Waals surface area contributed by atoms with Gasteiger partial charge in [0.2, 0.25) is 0 Å². The first-order chi connectivity index (χ1) is 6.02. The maximum absolute atomic E-state index is 12.0. The van der Waals surface area contributed by atoms with Gasteiger partial charge in [0, 0.05) is 0 Å². The Kier molecular flexibility index (Phi) is 6.18. The summed E-state index contributed by atoms with van der Waals surface area (Å²) in [4.78, 5) is 0. The van der Waals surface area contributed by atoms with E-state index in [0.717, 1.165) is 12.1 Å². The molecule has 0 saturated heterocycles. The van der Waals surface area contributed by atoms with Crippen molar-refractivity contribution in [2.45, 2.75) is 6.18 Å². The van der Waals surface area contributed by atoms with Crippen LogP contribution >= 0.6 is 25.2 Å². The third-order valence-electron chi connectivity index (χ3n) is 1.12. The SMILES string of the molecule is FC(F)(F)c1cc[c-]cc1Cl.[Zn+][Br]. The standard InChI is InChI=1S/C7H3ClF3.BrH.Zn/c8-6-4-2-1-3-5(6)7(9,10)11;;/h1,3-4H;1H;/q-1;;+2/p-1. The summed E-state index contributed by atoms with van der Waals surface area (Å²) in [6.45, 7) is 0. The van der Waals surface area contributed by atoms with Crippen LogP contribution in [0.3, 0.4) is 0 Å². The van der Waals surface area contributed by atoms with E-state index in [1.54, 1.807) is 0 Å². The van der Waals surface area contributed by atoms with Gasteiger partial charge in [-0.15, -0.1) is 0 Å². The van der Waals surface area contributed by atoms with E-state index >= 15 is 0 Å². The molecule has 0 atom stereocenters. The second kappa shape index (κ2) is 5.99. The summed E-state index contributed by atoms with van der Waals surface area (Å²) in [6, 6.07) is 5.60. The molecule has 1 rings (SSSR count). The molecule has 13 heavy (non-hydrogen) atoms. The molecule has 0 heterocycles. The van der Waals surface area contributed by atoms with Crippen LogP contribution in [0.5, 0.6) is 0 Å². The Balaban J connectivity index is 0.000000671. The molecule has 0 aliphatic carbocycles. The fourth-order valence-corrected chi connectivity index (χ4v) is 0.873. The molecule has 0 nitrogen and oxygen atoms in total. The zero-order chi connectivity index (χ0) is 10.5. The van der Waals surface area contributed by atoms with Crippen LogP contribution in [0.25, 0.3) is 0 Å². The molecule has 0 saturated carbocycles. The normalized spacial score (nSPS) is 10.4. The topological polar surface area (TPSA) is 0 Å². The Morgan fingerprint density at radius 3 is 2.23 bits per heavy atom. The summed E-state index contributed by atoms with van der Waals surface area (Å²) in [5.41, 5.74) is -0.821. The molecular formula is C7H3BrClF3Zn. The fourth-order valence-electron chi connectivity index (χ4n) is 0.640. The number of hydrogen-bond acceptors (Lipinski definition) is 0.